The van der Waals surface area contributed by atoms with E-state index in [-0.39, 0.29) is 4.91 Å². The lowest BCUT2D eigenvalue weighted by molar-refractivity contribution is -0.131. The molecule has 0 unspecified atom stereocenters. The van der Waals surface area contributed by atoms with Gasteiger partial charge in [0, 0.05) is 18.1 Å². The number of rotatable bonds is 5. The molecule has 0 saturated heterocycles. The van der Waals surface area contributed by atoms with Crippen molar-refractivity contribution in [1.29, 1.82) is 0 Å². The van der Waals surface area contributed by atoms with Gasteiger partial charge in [-0.2, -0.15) is 0 Å². The number of nitrogens with zero attached hydrogens (tertiary/aromatic N) is 1. The molecule has 86 valence electrons. The van der Waals surface area contributed by atoms with Gasteiger partial charge in [0.25, 0.3) is 0 Å². The summed E-state index contributed by atoms with van der Waals surface area (Å²) in [4.78, 5) is 15.0. The fourth-order valence-electron chi connectivity index (χ4n) is 1.30. The van der Waals surface area contributed by atoms with Crippen LogP contribution in [0.1, 0.15) is 12.0 Å². The predicted molar refractivity (Wildman–Crippen MR) is 64.9 cm³/mol. The first kappa shape index (κ1) is 12.6. The summed E-state index contributed by atoms with van der Waals surface area (Å²) in [5, 5.41) is 8.87. The van der Waals surface area contributed by atoms with Gasteiger partial charge in [0.05, 0.1) is 0 Å². The first-order chi connectivity index (χ1) is 7.65. The van der Waals surface area contributed by atoms with Crippen LogP contribution in [0.3, 0.4) is 0 Å². The maximum Gasteiger partial charge on any atom is 0.343 e. The third-order valence-electron chi connectivity index (χ3n) is 2.12. The molecule has 1 aromatic rings. The molecule has 0 radical (unpaired) electrons. The van der Waals surface area contributed by atoms with Gasteiger partial charge in [-0.15, -0.1) is 11.8 Å². The highest BCUT2D eigenvalue weighted by Gasteiger charge is 2.10. The SMILES string of the molecule is CS/C(C(=O)O)=C(\N)CCc1ccncc1. The van der Waals surface area contributed by atoms with Gasteiger partial charge in [-0.1, -0.05) is 0 Å². The molecule has 0 aliphatic carbocycles. The summed E-state index contributed by atoms with van der Waals surface area (Å²) in [7, 11) is 0. The largest absolute Gasteiger partial charge is 0.477 e. The number of aryl methyl sites for hydroxylation is 1. The maximum absolute atomic E-state index is 10.8. The highest BCUT2D eigenvalue weighted by atomic mass is 32.2. The lowest BCUT2D eigenvalue weighted by Gasteiger charge is -2.05. The van der Waals surface area contributed by atoms with Crippen molar-refractivity contribution in [2.75, 3.05) is 6.26 Å². The molecule has 3 N–H and O–H groups in total. The summed E-state index contributed by atoms with van der Waals surface area (Å²) in [6.45, 7) is 0. The Bertz CT molecular complexity index is 390. The first-order valence-corrected chi connectivity index (χ1v) is 6.02. The Hall–Kier alpha value is -1.49. The van der Waals surface area contributed by atoms with Gasteiger partial charge in [-0.05, 0) is 36.8 Å². The van der Waals surface area contributed by atoms with Gasteiger partial charge in [0.15, 0.2) is 0 Å². The molecule has 0 saturated carbocycles. The van der Waals surface area contributed by atoms with Crippen LogP contribution in [0.2, 0.25) is 0 Å². The Balaban J connectivity index is 2.65. The van der Waals surface area contributed by atoms with E-state index in [1.54, 1.807) is 18.6 Å². The Morgan fingerprint density at radius 3 is 2.62 bits per heavy atom. The van der Waals surface area contributed by atoms with Crippen molar-refractivity contribution in [2.24, 2.45) is 5.73 Å². The van der Waals surface area contributed by atoms with E-state index in [2.05, 4.69) is 4.98 Å². The zero-order valence-corrected chi connectivity index (χ0v) is 9.83. The second-order valence-electron chi connectivity index (χ2n) is 3.22. The first-order valence-electron chi connectivity index (χ1n) is 4.80. The van der Waals surface area contributed by atoms with Crippen LogP contribution in [0.25, 0.3) is 0 Å². The van der Waals surface area contributed by atoms with E-state index in [1.807, 2.05) is 12.1 Å². The monoisotopic (exact) mass is 238 g/mol. The maximum atomic E-state index is 10.8. The molecular weight excluding hydrogens is 224 g/mol. The minimum atomic E-state index is -0.959. The minimum absolute atomic E-state index is 0.231. The van der Waals surface area contributed by atoms with E-state index in [0.717, 1.165) is 23.7 Å². The molecule has 5 heteroatoms. The van der Waals surface area contributed by atoms with Crippen molar-refractivity contribution < 1.29 is 9.90 Å². The number of hydrogen-bond donors (Lipinski definition) is 2. The van der Waals surface area contributed by atoms with E-state index >= 15 is 0 Å². The highest BCUT2D eigenvalue weighted by Crippen LogP contribution is 2.17. The second-order valence-corrected chi connectivity index (χ2v) is 4.04. The molecule has 0 aliphatic heterocycles. The van der Waals surface area contributed by atoms with Gasteiger partial charge >= 0.3 is 5.97 Å². The number of allylic oxidation sites excluding steroid dienone is 1. The zero-order valence-electron chi connectivity index (χ0n) is 9.01. The second kappa shape index (κ2) is 6.17. The summed E-state index contributed by atoms with van der Waals surface area (Å²) >= 11 is 1.16. The van der Waals surface area contributed by atoms with Crippen LogP contribution in [-0.4, -0.2) is 22.3 Å². The summed E-state index contributed by atoms with van der Waals surface area (Å²) in [5.41, 5.74) is 7.27. The van der Waals surface area contributed by atoms with Gasteiger partial charge in [0.1, 0.15) is 4.91 Å². The van der Waals surface area contributed by atoms with E-state index in [1.165, 1.54) is 0 Å². The van der Waals surface area contributed by atoms with Crippen LogP contribution in [0, 0.1) is 0 Å². The molecular formula is C11H14N2O2S. The highest BCUT2D eigenvalue weighted by molar-refractivity contribution is 8.03. The number of aliphatic carboxylic acids is 1. The number of aromatic nitrogens is 1. The average Bonchev–Trinajstić information content (AvgIpc) is 2.28. The third kappa shape index (κ3) is 3.58. The molecule has 0 aliphatic rings. The number of carboxylic acids is 1. The predicted octanol–water partition coefficient (Wildman–Crippen LogP) is 1.63. The quantitative estimate of drug-likeness (QED) is 0.762. The molecule has 0 amide bonds. The molecule has 0 fully saturated rings. The molecule has 0 bridgehead atoms. The van der Waals surface area contributed by atoms with Crippen LogP contribution in [0.4, 0.5) is 0 Å². The fourth-order valence-corrected chi connectivity index (χ4v) is 1.84. The summed E-state index contributed by atoms with van der Waals surface area (Å²) < 4.78 is 0. The van der Waals surface area contributed by atoms with Crippen LogP contribution < -0.4 is 5.73 Å². The van der Waals surface area contributed by atoms with Crippen molar-refractivity contribution >= 4 is 17.7 Å². The van der Waals surface area contributed by atoms with Crippen molar-refractivity contribution in [2.45, 2.75) is 12.8 Å². The van der Waals surface area contributed by atoms with Crippen LogP contribution in [0.15, 0.2) is 35.1 Å². The zero-order chi connectivity index (χ0) is 12.0. The number of carboxylic acid groups (broad SMARTS) is 1. The normalized spacial score (nSPS) is 12.1. The lowest BCUT2D eigenvalue weighted by atomic mass is 10.1. The Labute approximate surface area is 98.6 Å². The average molecular weight is 238 g/mol. The molecule has 1 rings (SSSR count). The minimum Gasteiger partial charge on any atom is -0.477 e. The van der Waals surface area contributed by atoms with Gasteiger partial charge in [0.2, 0.25) is 0 Å². The summed E-state index contributed by atoms with van der Waals surface area (Å²) in [6, 6.07) is 3.79. The van der Waals surface area contributed by atoms with Crippen molar-refractivity contribution in [3.05, 3.63) is 40.7 Å². The van der Waals surface area contributed by atoms with Gasteiger partial charge in [-0.3, -0.25) is 4.98 Å². The fraction of sp³-hybridized carbons (Fsp3) is 0.273. The number of hydrogen-bond acceptors (Lipinski definition) is 4. The van der Waals surface area contributed by atoms with Crippen LogP contribution in [-0.2, 0) is 11.2 Å². The Morgan fingerprint density at radius 2 is 2.12 bits per heavy atom. The van der Waals surface area contributed by atoms with E-state index in [4.69, 9.17) is 10.8 Å². The smallest absolute Gasteiger partial charge is 0.343 e. The molecule has 1 heterocycles. The van der Waals surface area contributed by atoms with E-state index in [0.29, 0.717) is 12.1 Å². The van der Waals surface area contributed by atoms with Crippen molar-refractivity contribution in [3.63, 3.8) is 0 Å². The van der Waals surface area contributed by atoms with Crippen LogP contribution >= 0.6 is 11.8 Å². The van der Waals surface area contributed by atoms with Gasteiger partial charge in [-0.25, -0.2) is 4.79 Å². The standard InChI is InChI=1S/C11H14N2O2S/c1-16-10(11(14)15)9(12)3-2-8-4-6-13-7-5-8/h4-7H,2-3,12H2,1H3,(H,14,15)/b10-9-. The lowest BCUT2D eigenvalue weighted by Crippen LogP contribution is -2.09. The van der Waals surface area contributed by atoms with E-state index < -0.39 is 5.97 Å². The van der Waals surface area contributed by atoms with Crippen molar-refractivity contribution in [3.8, 4) is 0 Å². The topological polar surface area (TPSA) is 76.2 Å². The number of carbonyl (C=O) groups is 1. The molecule has 16 heavy (non-hydrogen) atoms. The van der Waals surface area contributed by atoms with Crippen molar-refractivity contribution in [1.82, 2.24) is 4.98 Å². The van der Waals surface area contributed by atoms with Gasteiger partial charge < -0.3 is 10.8 Å². The summed E-state index contributed by atoms with van der Waals surface area (Å²) in [6.07, 6.45) is 6.41. The molecule has 4 nitrogen and oxygen atoms in total. The molecule has 0 atom stereocenters. The number of nitrogens with two attached hydrogens (primary N) is 1. The van der Waals surface area contributed by atoms with Crippen LogP contribution in [0.5, 0.6) is 0 Å². The Kier molecular flexibility index (Phi) is 4.85. The molecule has 1 aromatic heterocycles. The number of thioether (sulfide) groups is 1. The van der Waals surface area contributed by atoms with E-state index in [9.17, 15) is 4.79 Å². The molecule has 0 aromatic carbocycles. The summed E-state index contributed by atoms with van der Waals surface area (Å²) in [5.74, 6) is -0.959. The third-order valence-corrected chi connectivity index (χ3v) is 2.97. The number of pyridine rings is 1. The molecule has 0 spiro atoms. The Morgan fingerprint density at radius 1 is 1.50 bits per heavy atom.